The summed E-state index contributed by atoms with van der Waals surface area (Å²) in [5.41, 5.74) is -2.68. The maximum Gasteiger partial charge on any atom is 0.437 e. The van der Waals surface area contributed by atoms with E-state index >= 15 is 0 Å². The lowest BCUT2D eigenvalue weighted by Gasteiger charge is -2.13. The summed E-state index contributed by atoms with van der Waals surface area (Å²) in [5, 5.41) is 3.84. The monoisotopic (exact) mass is 419 g/mol. The zero-order valence-corrected chi connectivity index (χ0v) is 15.0. The fraction of sp³-hybridized carbons (Fsp3) is 0.188. The van der Waals surface area contributed by atoms with E-state index in [2.05, 4.69) is 15.1 Å². The molecule has 1 aromatic carbocycles. The third kappa shape index (κ3) is 4.09. The number of rotatable bonds is 4. The summed E-state index contributed by atoms with van der Waals surface area (Å²) in [7, 11) is 0. The van der Waals surface area contributed by atoms with Gasteiger partial charge in [-0.1, -0.05) is 35.3 Å². The van der Waals surface area contributed by atoms with Crippen molar-refractivity contribution in [3.8, 4) is 23.0 Å². The van der Waals surface area contributed by atoms with Gasteiger partial charge in [-0.25, -0.2) is 4.98 Å². The van der Waals surface area contributed by atoms with E-state index in [1.165, 1.54) is 24.3 Å². The fourth-order valence-corrected chi connectivity index (χ4v) is 2.41. The lowest BCUT2D eigenvalue weighted by molar-refractivity contribution is -0.142. The molecule has 0 amide bonds. The minimum atomic E-state index is -4.95. The molecule has 0 unspecified atom stereocenters. The number of alkyl halides is 3. The van der Waals surface area contributed by atoms with E-state index in [9.17, 15) is 18.0 Å². The fourth-order valence-electron chi connectivity index (χ4n) is 2.12. The summed E-state index contributed by atoms with van der Waals surface area (Å²) in [6.07, 6.45) is -4.48. The molecule has 6 nitrogen and oxygen atoms in total. The molecule has 0 fully saturated rings. The molecule has 2 aromatic heterocycles. The normalized spacial score (nSPS) is 11.6. The number of benzene rings is 1. The van der Waals surface area contributed by atoms with Gasteiger partial charge in [0.25, 0.3) is 5.56 Å². The van der Waals surface area contributed by atoms with Crippen molar-refractivity contribution < 1.29 is 22.4 Å². The minimum absolute atomic E-state index is 0.0319. The summed E-state index contributed by atoms with van der Waals surface area (Å²) in [6, 6.07) is 5.16. The molecule has 11 heteroatoms. The van der Waals surface area contributed by atoms with E-state index in [1.807, 2.05) is 0 Å². The molecule has 142 valence electrons. The Balaban J connectivity index is 2.10. The Kier molecular flexibility index (Phi) is 5.16. The third-order valence-electron chi connectivity index (χ3n) is 3.41. The van der Waals surface area contributed by atoms with E-state index in [0.29, 0.717) is 12.2 Å². The molecule has 0 aliphatic rings. The molecule has 3 rings (SSSR count). The van der Waals surface area contributed by atoms with Crippen LogP contribution in [0, 0.1) is 0 Å². The second-order valence-corrected chi connectivity index (χ2v) is 6.11. The quantitative estimate of drug-likeness (QED) is 0.635. The van der Waals surface area contributed by atoms with Gasteiger partial charge in [0.05, 0.1) is 10.0 Å². The third-order valence-corrected chi connectivity index (χ3v) is 4.15. The second-order valence-electron chi connectivity index (χ2n) is 5.30. The van der Waals surface area contributed by atoms with Gasteiger partial charge in [0, 0.05) is 18.6 Å². The molecule has 0 aliphatic carbocycles. The number of aromatic amines is 1. The van der Waals surface area contributed by atoms with E-state index in [4.69, 9.17) is 32.5 Å². The van der Waals surface area contributed by atoms with Crippen LogP contribution in [0.4, 0.5) is 13.2 Å². The summed E-state index contributed by atoms with van der Waals surface area (Å²) in [5.74, 6) is -1.09. The molecule has 2 heterocycles. The first kappa shape index (κ1) is 19.2. The number of nitrogens with zero attached hydrogens (tertiary/aromatic N) is 2. The van der Waals surface area contributed by atoms with Crippen LogP contribution in [-0.4, -0.2) is 15.1 Å². The van der Waals surface area contributed by atoms with Crippen molar-refractivity contribution in [2.75, 3.05) is 0 Å². The van der Waals surface area contributed by atoms with Gasteiger partial charge in [0.2, 0.25) is 5.75 Å². The molecule has 0 aliphatic heterocycles. The summed E-state index contributed by atoms with van der Waals surface area (Å²) in [6.45, 7) is 1.77. The Hall–Kier alpha value is -2.52. The largest absolute Gasteiger partial charge is 0.449 e. The predicted molar refractivity (Wildman–Crippen MR) is 91.3 cm³/mol. The number of nitrogens with one attached hydrogen (secondary N) is 1. The van der Waals surface area contributed by atoms with Gasteiger partial charge in [-0.3, -0.25) is 4.79 Å². The number of H-pyrrole nitrogens is 1. The number of ether oxygens (including phenoxy) is 1. The van der Waals surface area contributed by atoms with E-state index < -0.39 is 29.0 Å². The van der Waals surface area contributed by atoms with Crippen LogP contribution < -0.4 is 10.3 Å². The Labute approximate surface area is 159 Å². The van der Waals surface area contributed by atoms with Crippen LogP contribution in [0.25, 0.3) is 11.5 Å². The van der Waals surface area contributed by atoms with Crippen molar-refractivity contribution in [3.63, 3.8) is 0 Å². The highest BCUT2D eigenvalue weighted by Crippen LogP contribution is 2.36. The SMILES string of the molecule is CCc1cc(-c2nc(C(F)(F)F)c(Oc3ccc(Cl)c(Cl)c3)c(=O)[nH]2)no1. The van der Waals surface area contributed by atoms with Crippen molar-refractivity contribution in [1.82, 2.24) is 15.1 Å². The second kappa shape index (κ2) is 7.24. The molecule has 27 heavy (non-hydrogen) atoms. The Morgan fingerprint density at radius 2 is 1.96 bits per heavy atom. The van der Waals surface area contributed by atoms with Gasteiger partial charge in [-0.2, -0.15) is 13.2 Å². The first-order valence-corrected chi connectivity index (χ1v) is 8.25. The van der Waals surface area contributed by atoms with Gasteiger partial charge in [0.1, 0.15) is 17.2 Å². The lowest BCUT2D eigenvalue weighted by Crippen LogP contribution is -2.20. The van der Waals surface area contributed by atoms with Crippen LogP contribution in [0.2, 0.25) is 10.0 Å². The van der Waals surface area contributed by atoms with Crippen molar-refractivity contribution in [1.29, 1.82) is 0 Å². The average Bonchev–Trinajstić information content (AvgIpc) is 3.08. The predicted octanol–water partition coefficient (Wildman–Crippen LogP) is 5.11. The zero-order chi connectivity index (χ0) is 19.8. The van der Waals surface area contributed by atoms with Crippen LogP contribution in [-0.2, 0) is 12.6 Å². The van der Waals surface area contributed by atoms with Gasteiger partial charge < -0.3 is 14.2 Å². The molecule has 0 spiro atoms. The van der Waals surface area contributed by atoms with Gasteiger partial charge in [-0.05, 0) is 12.1 Å². The maximum atomic E-state index is 13.5. The highest BCUT2D eigenvalue weighted by molar-refractivity contribution is 6.42. The number of halogens is 5. The van der Waals surface area contributed by atoms with Crippen molar-refractivity contribution in [3.05, 3.63) is 56.1 Å². The van der Waals surface area contributed by atoms with E-state index in [-0.39, 0.29) is 21.5 Å². The summed E-state index contributed by atoms with van der Waals surface area (Å²) < 4.78 is 50.4. The maximum absolute atomic E-state index is 13.5. The van der Waals surface area contributed by atoms with E-state index in [0.717, 1.165) is 0 Å². The van der Waals surface area contributed by atoms with Crippen LogP contribution >= 0.6 is 23.2 Å². The van der Waals surface area contributed by atoms with Gasteiger partial charge in [0.15, 0.2) is 11.5 Å². The van der Waals surface area contributed by atoms with Crippen LogP contribution in [0.3, 0.4) is 0 Å². The van der Waals surface area contributed by atoms with Gasteiger partial charge >= 0.3 is 6.18 Å². The number of aryl methyl sites for hydroxylation is 1. The Bertz CT molecular complexity index is 1050. The molecule has 0 atom stereocenters. The molecule has 0 saturated heterocycles. The Morgan fingerprint density at radius 3 is 2.56 bits per heavy atom. The highest BCUT2D eigenvalue weighted by atomic mass is 35.5. The van der Waals surface area contributed by atoms with E-state index in [1.54, 1.807) is 6.92 Å². The summed E-state index contributed by atoms with van der Waals surface area (Å²) >= 11 is 11.6. The van der Waals surface area contributed by atoms with Crippen LogP contribution in [0.1, 0.15) is 18.4 Å². The summed E-state index contributed by atoms with van der Waals surface area (Å²) in [4.78, 5) is 18.0. The topological polar surface area (TPSA) is 81.0 Å². The highest BCUT2D eigenvalue weighted by Gasteiger charge is 2.39. The molecule has 3 aromatic rings. The minimum Gasteiger partial charge on any atom is -0.449 e. The zero-order valence-electron chi connectivity index (χ0n) is 13.5. The molecule has 1 N–H and O–H groups in total. The first-order chi connectivity index (χ1) is 12.7. The number of aromatic nitrogens is 3. The lowest BCUT2D eigenvalue weighted by atomic mass is 10.3. The van der Waals surface area contributed by atoms with Crippen molar-refractivity contribution in [2.24, 2.45) is 0 Å². The van der Waals surface area contributed by atoms with Gasteiger partial charge in [-0.15, -0.1) is 0 Å². The molecular weight excluding hydrogens is 410 g/mol. The molecule has 0 radical (unpaired) electrons. The standard InChI is InChI=1S/C16H10Cl2F3N3O3/c1-2-7-6-11(24-27-7)14-22-13(16(19,20)21)12(15(25)23-14)26-8-3-4-9(17)10(18)5-8/h3-6H,2H2,1H3,(H,22,23,25). The number of hydrogen-bond donors (Lipinski definition) is 1. The smallest absolute Gasteiger partial charge is 0.437 e. The molecular formula is C16H10Cl2F3N3O3. The molecule has 0 saturated carbocycles. The first-order valence-electron chi connectivity index (χ1n) is 7.49. The van der Waals surface area contributed by atoms with Crippen LogP contribution in [0.15, 0.2) is 33.6 Å². The van der Waals surface area contributed by atoms with Crippen LogP contribution in [0.5, 0.6) is 11.5 Å². The average molecular weight is 420 g/mol. The van der Waals surface area contributed by atoms with Crippen molar-refractivity contribution in [2.45, 2.75) is 19.5 Å². The molecule has 0 bridgehead atoms. The van der Waals surface area contributed by atoms with Crippen molar-refractivity contribution >= 4 is 23.2 Å². The Morgan fingerprint density at radius 1 is 1.22 bits per heavy atom. The number of hydrogen-bond acceptors (Lipinski definition) is 5.